The van der Waals surface area contributed by atoms with E-state index in [9.17, 15) is 5.11 Å². The highest BCUT2D eigenvalue weighted by Crippen LogP contribution is 2.47. The van der Waals surface area contributed by atoms with Gasteiger partial charge in [-0.2, -0.15) is 0 Å². The number of benzene rings is 4. The van der Waals surface area contributed by atoms with E-state index in [1.807, 2.05) is 48.5 Å². The van der Waals surface area contributed by atoms with E-state index in [4.69, 9.17) is 0 Å². The highest BCUT2D eigenvalue weighted by molar-refractivity contribution is 5.86. The number of phenols is 1. The number of nitrogens with one attached hydrogen (secondary N) is 1. The number of aromatic hydroxyl groups is 1. The van der Waals surface area contributed by atoms with Crippen molar-refractivity contribution >= 4 is 0 Å². The maximum Gasteiger partial charge on any atom is 0.127 e. The van der Waals surface area contributed by atoms with Gasteiger partial charge in [-0.25, -0.2) is 0 Å². The Labute approximate surface area is 212 Å². The first kappa shape index (κ1) is 23.6. The molecule has 1 heterocycles. The molecular weight excluding hydrogens is 442 g/mol. The van der Waals surface area contributed by atoms with E-state index in [0.29, 0.717) is 0 Å². The molecule has 36 heavy (non-hydrogen) atoms. The monoisotopic (exact) mass is 473 g/mol. The Kier molecular flexibility index (Phi) is 5.97. The van der Waals surface area contributed by atoms with Gasteiger partial charge >= 0.3 is 0 Å². The highest BCUT2D eigenvalue weighted by Gasteiger charge is 2.32. The zero-order valence-electron chi connectivity index (χ0n) is 21.2. The molecule has 4 nitrogen and oxygen atoms in total. The van der Waals surface area contributed by atoms with E-state index in [2.05, 4.69) is 91.6 Å². The van der Waals surface area contributed by atoms with Crippen LogP contribution in [-0.4, -0.2) is 20.5 Å². The van der Waals surface area contributed by atoms with Crippen molar-refractivity contribution in [3.8, 4) is 28.1 Å². The molecule has 0 radical (unpaired) electrons. The molecule has 5 aromatic rings. The molecule has 4 aromatic carbocycles. The number of aromatic amines is 1. The van der Waals surface area contributed by atoms with E-state index in [1.165, 1.54) is 5.56 Å². The fourth-order valence-corrected chi connectivity index (χ4v) is 4.98. The average Bonchev–Trinajstić information content (AvgIpc) is 3.45. The van der Waals surface area contributed by atoms with Gasteiger partial charge in [-0.1, -0.05) is 124 Å². The van der Waals surface area contributed by atoms with Gasteiger partial charge in [0.25, 0.3) is 0 Å². The summed E-state index contributed by atoms with van der Waals surface area (Å²) in [5.74, 6) is 0.285. The molecule has 180 valence electrons. The molecule has 0 unspecified atom stereocenters. The number of nitrogens with zero attached hydrogens (tertiary/aromatic N) is 2. The maximum atomic E-state index is 11.9. The first-order valence-electron chi connectivity index (χ1n) is 12.3. The van der Waals surface area contributed by atoms with Crippen LogP contribution in [0.1, 0.15) is 49.9 Å². The molecule has 0 aliphatic heterocycles. The Bertz CT molecular complexity index is 1470. The van der Waals surface area contributed by atoms with E-state index in [0.717, 1.165) is 39.1 Å². The van der Waals surface area contributed by atoms with E-state index in [-0.39, 0.29) is 11.2 Å². The van der Waals surface area contributed by atoms with Crippen LogP contribution in [0, 0.1) is 0 Å². The minimum absolute atomic E-state index is 0.284. The Morgan fingerprint density at radius 1 is 0.611 bits per heavy atom. The predicted octanol–water partition coefficient (Wildman–Crippen LogP) is 7.50. The van der Waals surface area contributed by atoms with Crippen LogP contribution in [0.5, 0.6) is 5.75 Å². The van der Waals surface area contributed by atoms with Gasteiger partial charge in [-0.3, -0.25) is 5.10 Å². The zero-order valence-corrected chi connectivity index (χ0v) is 21.2. The van der Waals surface area contributed by atoms with Crippen LogP contribution in [0.3, 0.4) is 0 Å². The van der Waals surface area contributed by atoms with Gasteiger partial charge in [0, 0.05) is 27.5 Å². The zero-order chi connectivity index (χ0) is 25.3. The van der Waals surface area contributed by atoms with Crippen molar-refractivity contribution in [3.05, 3.63) is 126 Å². The van der Waals surface area contributed by atoms with Crippen molar-refractivity contribution in [1.29, 1.82) is 0 Å². The van der Waals surface area contributed by atoms with Crippen LogP contribution >= 0.6 is 0 Å². The van der Waals surface area contributed by atoms with Crippen molar-refractivity contribution in [2.45, 2.75) is 38.5 Å². The first-order valence-corrected chi connectivity index (χ1v) is 12.3. The molecule has 0 fully saturated rings. The van der Waals surface area contributed by atoms with Crippen LogP contribution in [0.25, 0.3) is 22.4 Å². The molecule has 0 aliphatic rings. The van der Waals surface area contributed by atoms with Gasteiger partial charge in [0.05, 0.1) is 6.20 Å². The number of hydrogen-bond donors (Lipinski definition) is 2. The van der Waals surface area contributed by atoms with Gasteiger partial charge in [-0.05, 0) is 28.3 Å². The van der Waals surface area contributed by atoms with Crippen molar-refractivity contribution in [2.24, 2.45) is 0 Å². The summed E-state index contributed by atoms with van der Waals surface area (Å²) >= 11 is 0. The van der Waals surface area contributed by atoms with E-state index >= 15 is 0 Å². The molecule has 0 amide bonds. The fraction of sp³-hybridized carbons (Fsp3) is 0.188. The predicted molar refractivity (Wildman–Crippen MR) is 146 cm³/mol. The molecule has 5 rings (SSSR count). The van der Waals surface area contributed by atoms with Gasteiger partial charge in [0.2, 0.25) is 0 Å². The normalized spacial score (nSPS) is 12.0. The van der Waals surface area contributed by atoms with Crippen molar-refractivity contribution in [2.75, 3.05) is 0 Å². The first-order chi connectivity index (χ1) is 17.3. The van der Waals surface area contributed by atoms with Crippen molar-refractivity contribution < 1.29 is 5.11 Å². The van der Waals surface area contributed by atoms with Crippen LogP contribution in [-0.2, 0) is 10.8 Å². The molecule has 1 aromatic heterocycles. The smallest absolute Gasteiger partial charge is 0.127 e. The third-order valence-electron chi connectivity index (χ3n) is 7.41. The summed E-state index contributed by atoms with van der Waals surface area (Å²) in [4.78, 5) is 0. The molecular formula is C32H31N3O. The summed E-state index contributed by atoms with van der Waals surface area (Å²) in [5.41, 5.74) is 7.03. The lowest BCUT2D eigenvalue weighted by atomic mass is 9.71. The SMILES string of the molecule is CC(C)(c1ccccc1)c1cc(-c2ccccc2-c2c[nH]nn2)c(O)c(C(C)(C)c2ccccc2)c1. The van der Waals surface area contributed by atoms with Gasteiger partial charge in [0.15, 0.2) is 0 Å². The van der Waals surface area contributed by atoms with Crippen molar-refractivity contribution in [1.82, 2.24) is 15.4 Å². The van der Waals surface area contributed by atoms with E-state index < -0.39 is 5.41 Å². The fourth-order valence-electron chi connectivity index (χ4n) is 4.98. The lowest BCUT2D eigenvalue weighted by molar-refractivity contribution is 0.453. The van der Waals surface area contributed by atoms with E-state index in [1.54, 1.807) is 6.20 Å². The number of aromatic nitrogens is 3. The van der Waals surface area contributed by atoms with Gasteiger partial charge < -0.3 is 5.11 Å². The molecule has 4 heteroatoms. The molecule has 0 saturated heterocycles. The Hall–Kier alpha value is -4.18. The highest BCUT2D eigenvalue weighted by atomic mass is 16.3. The van der Waals surface area contributed by atoms with Gasteiger partial charge in [-0.15, -0.1) is 5.10 Å². The molecule has 2 N–H and O–H groups in total. The van der Waals surface area contributed by atoms with Crippen LogP contribution < -0.4 is 0 Å². The summed E-state index contributed by atoms with van der Waals surface area (Å²) in [6.07, 6.45) is 1.78. The number of rotatable bonds is 6. The number of phenolic OH excluding ortho intramolecular Hbond substituents is 1. The lowest BCUT2D eigenvalue weighted by Crippen LogP contribution is -2.23. The second kappa shape index (κ2) is 9.12. The maximum absolute atomic E-state index is 11.9. The third kappa shape index (κ3) is 4.09. The summed E-state index contributed by atoms with van der Waals surface area (Å²) in [6, 6.07) is 33.2. The molecule has 0 bridgehead atoms. The van der Waals surface area contributed by atoms with Gasteiger partial charge in [0.1, 0.15) is 11.4 Å². The molecule has 0 saturated carbocycles. The summed E-state index contributed by atoms with van der Waals surface area (Å²) in [7, 11) is 0. The molecule has 0 atom stereocenters. The Balaban J connectivity index is 1.80. The average molecular weight is 474 g/mol. The summed E-state index contributed by atoms with van der Waals surface area (Å²) in [6.45, 7) is 8.82. The number of H-pyrrole nitrogens is 1. The Morgan fingerprint density at radius 2 is 1.17 bits per heavy atom. The minimum Gasteiger partial charge on any atom is -0.507 e. The Morgan fingerprint density at radius 3 is 1.75 bits per heavy atom. The summed E-state index contributed by atoms with van der Waals surface area (Å²) in [5, 5.41) is 22.9. The van der Waals surface area contributed by atoms with Crippen LogP contribution in [0.4, 0.5) is 0 Å². The second-order valence-electron chi connectivity index (χ2n) is 10.3. The minimum atomic E-state index is -0.425. The largest absolute Gasteiger partial charge is 0.507 e. The van der Waals surface area contributed by atoms with Crippen molar-refractivity contribution in [3.63, 3.8) is 0 Å². The van der Waals surface area contributed by atoms with Crippen LogP contribution in [0.2, 0.25) is 0 Å². The topological polar surface area (TPSA) is 61.8 Å². The van der Waals surface area contributed by atoms with Crippen LogP contribution in [0.15, 0.2) is 103 Å². The summed E-state index contributed by atoms with van der Waals surface area (Å²) < 4.78 is 0. The molecule has 0 aliphatic carbocycles. The standard InChI is InChI=1S/C32H31N3O/c1-31(2,22-13-7-5-8-14-22)24-19-27(25-17-11-12-18-26(25)29-21-33-35-34-29)30(36)28(20-24)32(3,4)23-15-9-6-10-16-23/h5-21,36H,1-4H3,(H,33,34,35). The number of hydrogen-bond acceptors (Lipinski definition) is 3. The molecule has 0 spiro atoms. The quantitative estimate of drug-likeness (QED) is 0.268. The second-order valence-corrected chi connectivity index (χ2v) is 10.3. The third-order valence-corrected chi connectivity index (χ3v) is 7.41. The lowest BCUT2D eigenvalue weighted by Gasteiger charge is -2.33.